The Morgan fingerprint density at radius 1 is 1.00 bits per heavy atom. The molecule has 1 saturated carbocycles. The van der Waals surface area contributed by atoms with E-state index < -0.39 is 45.5 Å². The Hall–Kier alpha value is -2.21. The van der Waals surface area contributed by atoms with E-state index in [2.05, 4.69) is 0 Å². The SMILES string of the molecule is C[C@H](CO)c1c(O)c(O)c2c(c1O)C(=O)C(O)=C1C(C)(C)CCC[C@@]12C. The second kappa shape index (κ2) is 5.64. The van der Waals surface area contributed by atoms with Crippen LogP contribution in [0, 0.1) is 5.41 Å². The van der Waals surface area contributed by atoms with Crippen molar-refractivity contribution in [3.63, 3.8) is 0 Å². The summed E-state index contributed by atoms with van der Waals surface area (Å²) >= 11 is 0. The number of allylic oxidation sites excluding steroid dienone is 2. The van der Waals surface area contributed by atoms with Gasteiger partial charge in [0.1, 0.15) is 5.75 Å². The molecule has 5 N–H and O–H groups in total. The van der Waals surface area contributed by atoms with Crippen LogP contribution in [0.4, 0.5) is 0 Å². The van der Waals surface area contributed by atoms with E-state index in [1.807, 2.05) is 20.8 Å². The van der Waals surface area contributed by atoms with Crippen LogP contribution in [-0.4, -0.2) is 37.9 Å². The van der Waals surface area contributed by atoms with Crippen molar-refractivity contribution in [2.45, 2.75) is 58.3 Å². The summed E-state index contributed by atoms with van der Waals surface area (Å²) < 4.78 is 0. The fourth-order valence-corrected chi connectivity index (χ4v) is 4.99. The van der Waals surface area contributed by atoms with Crippen LogP contribution in [0.3, 0.4) is 0 Å². The summed E-state index contributed by atoms with van der Waals surface area (Å²) in [6.07, 6.45) is 2.16. The zero-order valence-corrected chi connectivity index (χ0v) is 15.6. The summed E-state index contributed by atoms with van der Waals surface area (Å²) in [4.78, 5) is 12.9. The lowest BCUT2D eigenvalue weighted by molar-refractivity contribution is 0.0934. The van der Waals surface area contributed by atoms with Crippen molar-refractivity contribution in [3.8, 4) is 17.2 Å². The van der Waals surface area contributed by atoms with Crippen LogP contribution in [0.2, 0.25) is 0 Å². The predicted molar refractivity (Wildman–Crippen MR) is 95.9 cm³/mol. The van der Waals surface area contributed by atoms with Gasteiger partial charge in [-0.3, -0.25) is 4.79 Å². The largest absolute Gasteiger partial charge is 0.507 e. The lowest BCUT2D eigenvalue weighted by Crippen LogP contribution is -2.43. The number of Topliss-reactive ketones (excluding diaryl/α,β-unsaturated/α-hetero) is 1. The normalized spacial score (nSPS) is 25.7. The molecule has 6 nitrogen and oxygen atoms in total. The molecule has 0 bridgehead atoms. The highest BCUT2D eigenvalue weighted by Gasteiger charge is 2.53. The summed E-state index contributed by atoms with van der Waals surface area (Å²) in [7, 11) is 0. The van der Waals surface area contributed by atoms with Gasteiger partial charge in [0, 0.05) is 29.1 Å². The van der Waals surface area contributed by atoms with E-state index in [9.17, 15) is 30.3 Å². The van der Waals surface area contributed by atoms with Crippen molar-refractivity contribution in [2.75, 3.05) is 6.61 Å². The minimum atomic E-state index is -0.880. The van der Waals surface area contributed by atoms with E-state index in [1.165, 1.54) is 0 Å². The van der Waals surface area contributed by atoms with Gasteiger partial charge in [0.05, 0.1) is 5.56 Å². The first-order valence-electron chi connectivity index (χ1n) is 8.90. The second-order valence-electron chi connectivity index (χ2n) is 8.42. The number of carbonyl (C=O) groups is 1. The third kappa shape index (κ3) is 2.18. The van der Waals surface area contributed by atoms with E-state index in [0.29, 0.717) is 12.0 Å². The van der Waals surface area contributed by atoms with Gasteiger partial charge in [-0.25, -0.2) is 0 Å². The van der Waals surface area contributed by atoms with Crippen LogP contribution < -0.4 is 0 Å². The molecule has 2 atom stereocenters. The molecule has 0 unspecified atom stereocenters. The molecule has 0 radical (unpaired) electrons. The molecule has 0 heterocycles. The summed E-state index contributed by atoms with van der Waals surface area (Å²) in [6.45, 7) is 6.87. The van der Waals surface area contributed by atoms with E-state index in [0.717, 1.165) is 12.8 Å². The third-order valence-corrected chi connectivity index (χ3v) is 6.16. The Bertz CT molecular complexity index is 835. The van der Waals surface area contributed by atoms with Gasteiger partial charge in [0.15, 0.2) is 17.3 Å². The van der Waals surface area contributed by atoms with Crippen LogP contribution >= 0.6 is 0 Å². The van der Waals surface area contributed by atoms with Gasteiger partial charge in [-0.05, 0) is 23.8 Å². The topological polar surface area (TPSA) is 118 Å². The van der Waals surface area contributed by atoms with Gasteiger partial charge in [-0.1, -0.05) is 34.1 Å². The predicted octanol–water partition coefficient (Wildman–Crippen LogP) is 3.38. The summed E-state index contributed by atoms with van der Waals surface area (Å²) in [6, 6.07) is 0. The van der Waals surface area contributed by atoms with Crippen molar-refractivity contribution in [1.82, 2.24) is 0 Å². The van der Waals surface area contributed by atoms with Gasteiger partial charge >= 0.3 is 0 Å². The Labute approximate surface area is 152 Å². The number of aliphatic hydroxyl groups is 2. The van der Waals surface area contributed by atoms with Gasteiger partial charge in [0.2, 0.25) is 5.78 Å². The minimum Gasteiger partial charge on any atom is -0.507 e. The van der Waals surface area contributed by atoms with Gasteiger partial charge < -0.3 is 25.5 Å². The number of rotatable bonds is 2. The van der Waals surface area contributed by atoms with Gasteiger partial charge in [-0.15, -0.1) is 0 Å². The molecule has 1 aromatic carbocycles. The van der Waals surface area contributed by atoms with Crippen molar-refractivity contribution in [3.05, 3.63) is 28.0 Å². The summed E-state index contributed by atoms with van der Waals surface area (Å²) in [5, 5.41) is 52.1. The molecular weight excluding hydrogens is 336 g/mol. The monoisotopic (exact) mass is 362 g/mol. The van der Waals surface area contributed by atoms with Crippen LogP contribution in [0.1, 0.15) is 74.4 Å². The van der Waals surface area contributed by atoms with Crippen molar-refractivity contribution >= 4 is 5.78 Å². The maximum Gasteiger partial charge on any atom is 0.231 e. The van der Waals surface area contributed by atoms with E-state index in [-0.39, 0.29) is 23.3 Å². The molecule has 0 saturated heterocycles. The molecule has 2 aliphatic carbocycles. The molecule has 0 aromatic heterocycles. The molecule has 2 aliphatic rings. The highest BCUT2D eigenvalue weighted by molar-refractivity contribution is 6.13. The molecule has 6 heteroatoms. The van der Waals surface area contributed by atoms with Crippen LogP contribution in [-0.2, 0) is 5.41 Å². The standard InChI is InChI=1S/C20H26O6/c1-9(8-21)10-13(22)11-12(16(25)14(10)23)20(4)7-5-6-19(2,3)18(20)17(26)15(11)24/h9,21-23,25-26H,5-8H2,1-4H3/t9-,20-/m1/s1. The van der Waals surface area contributed by atoms with E-state index >= 15 is 0 Å². The first kappa shape index (κ1) is 18.6. The third-order valence-electron chi connectivity index (χ3n) is 6.16. The maximum atomic E-state index is 12.9. The average molecular weight is 362 g/mol. The molecule has 142 valence electrons. The highest BCUT2D eigenvalue weighted by Crippen LogP contribution is 2.61. The number of benzene rings is 1. The molecule has 26 heavy (non-hydrogen) atoms. The first-order valence-corrected chi connectivity index (χ1v) is 8.90. The molecule has 3 rings (SSSR count). The van der Waals surface area contributed by atoms with Crippen molar-refractivity contribution in [2.24, 2.45) is 5.41 Å². The quantitative estimate of drug-likeness (QED) is 0.407. The highest BCUT2D eigenvalue weighted by atomic mass is 16.3. The van der Waals surface area contributed by atoms with Crippen molar-refractivity contribution < 1.29 is 30.3 Å². The van der Waals surface area contributed by atoms with Crippen LogP contribution in [0.15, 0.2) is 11.3 Å². The molecule has 0 spiro atoms. The fourth-order valence-electron chi connectivity index (χ4n) is 4.99. The number of fused-ring (bicyclic) bond motifs is 3. The smallest absolute Gasteiger partial charge is 0.231 e. The molecule has 1 aromatic rings. The van der Waals surface area contributed by atoms with Gasteiger partial charge in [-0.2, -0.15) is 0 Å². The number of ketones is 1. The number of hydrogen-bond acceptors (Lipinski definition) is 6. The first-order chi connectivity index (χ1) is 12.0. The van der Waals surface area contributed by atoms with Crippen LogP contribution in [0.5, 0.6) is 17.2 Å². The Balaban J connectivity index is 2.44. The molecular formula is C20H26O6. The van der Waals surface area contributed by atoms with Gasteiger partial charge in [0.25, 0.3) is 0 Å². The number of phenols is 3. The number of aromatic hydroxyl groups is 3. The lowest BCUT2D eigenvalue weighted by Gasteiger charge is -2.49. The zero-order chi connectivity index (χ0) is 19.6. The fraction of sp³-hybridized carbons (Fsp3) is 0.550. The number of phenolic OH excluding ortho intramolecular Hbond substituents is 3. The Kier molecular flexibility index (Phi) is 4.03. The van der Waals surface area contributed by atoms with Crippen LogP contribution in [0.25, 0.3) is 0 Å². The van der Waals surface area contributed by atoms with E-state index in [1.54, 1.807) is 6.92 Å². The molecule has 1 fully saturated rings. The minimum absolute atomic E-state index is 0.0907. The number of carbonyl (C=O) groups excluding carboxylic acids is 1. The second-order valence-corrected chi connectivity index (χ2v) is 8.42. The molecule has 0 amide bonds. The number of aliphatic hydroxyl groups excluding tert-OH is 2. The lowest BCUT2D eigenvalue weighted by atomic mass is 9.54. The maximum absolute atomic E-state index is 12.9. The Morgan fingerprint density at radius 2 is 1.62 bits per heavy atom. The summed E-state index contributed by atoms with van der Waals surface area (Å²) in [5.74, 6) is -3.33. The molecule has 0 aliphatic heterocycles. The van der Waals surface area contributed by atoms with E-state index in [4.69, 9.17) is 0 Å². The zero-order valence-electron chi connectivity index (χ0n) is 15.6. The van der Waals surface area contributed by atoms with Crippen molar-refractivity contribution in [1.29, 1.82) is 0 Å². The number of hydrogen-bond donors (Lipinski definition) is 5. The Morgan fingerprint density at radius 3 is 2.19 bits per heavy atom. The summed E-state index contributed by atoms with van der Waals surface area (Å²) in [5.41, 5.74) is -0.921. The average Bonchev–Trinajstić information content (AvgIpc) is 2.55.